The normalized spacial score (nSPS) is 11.0. The maximum atomic E-state index is 12.5. The van der Waals surface area contributed by atoms with Crippen LogP contribution in [0.15, 0.2) is 66.9 Å². The quantitative estimate of drug-likeness (QED) is 0.600. The molecular weight excluding hydrogens is 348 g/mol. The molecule has 0 saturated carbocycles. The Morgan fingerprint density at radius 3 is 2.18 bits per heavy atom. The second kappa shape index (κ2) is 9.33. The van der Waals surface area contributed by atoms with Crippen LogP contribution in [-0.4, -0.2) is 52.2 Å². The van der Waals surface area contributed by atoms with E-state index in [9.17, 15) is 4.79 Å². The molecule has 0 aliphatic heterocycles. The number of amides is 1. The molecule has 0 unspecified atom stereocenters. The van der Waals surface area contributed by atoms with Gasteiger partial charge in [0.15, 0.2) is 0 Å². The van der Waals surface area contributed by atoms with Gasteiger partial charge in [0.1, 0.15) is 0 Å². The number of para-hydroxylation sites is 1. The summed E-state index contributed by atoms with van der Waals surface area (Å²) in [5, 5.41) is 4.85. The van der Waals surface area contributed by atoms with Crippen LogP contribution in [0.3, 0.4) is 0 Å². The van der Waals surface area contributed by atoms with E-state index in [0.29, 0.717) is 13.1 Å². The zero-order chi connectivity index (χ0) is 19.9. The number of aromatic nitrogens is 2. The maximum Gasteiger partial charge on any atom is 0.236 e. The number of benzene rings is 2. The van der Waals surface area contributed by atoms with Gasteiger partial charge in [-0.05, 0) is 33.0 Å². The summed E-state index contributed by atoms with van der Waals surface area (Å²) < 4.78 is 1.91. The van der Waals surface area contributed by atoms with Crippen LogP contribution >= 0.6 is 0 Å². The molecular formula is C23H28N4O. The first kappa shape index (κ1) is 19.8. The molecule has 1 aromatic heterocycles. The molecule has 0 aliphatic rings. The van der Waals surface area contributed by atoms with Crippen molar-refractivity contribution in [1.82, 2.24) is 19.6 Å². The molecule has 0 radical (unpaired) electrons. The van der Waals surface area contributed by atoms with Gasteiger partial charge in [-0.25, -0.2) is 4.68 Å². The van der Waals surface area contributed by atoms with Crippen molar-refractivity contribution < 1.29 is 4.79 Å². The molecule has 2 aromatic carbocycles. The van der Waals surface area contributed by atoms with Crippen molar-refractivity contribution >= 4 is 5.91 Å². The second-order valence-electron chi connectivity index (χ2n) is 6.89. The lowest BCUT2D eigenvalue weighted by molar-refractivity contribution is -0.131. The van der Waals surface area contributed by atoms with Crippen LogP contribution in [0.5, 0.6) is 0 Å². The first-order valence-electron chi connectivity index (χ1n) is 9.78. The molecule has 1 heterocycles. The van der Waals surface area contributed by atoms with Gasteiger partial charge in [0.2, 0.25) is 5.91 Å². The Morgan fingerprint density at radius 2 is 1.57 bits per heavy atom. The zero-order valence-corrected chi connectivity index (χ0v) is 16.9. The van der Waals surface area contributed by atoms with Crippen LogP contribution in [0, 0.1) is 0 Å². The molecule has 1 amide bonds. The molecule has 0 N–H and O–H groups in total. The molecule has 5 heteroatoms. The van der Waals surface area contributed by atoms with Gasteiger partial charge in [-0.2, -0.15) is 5.10 Å². The van der Waals surface area contributed by atoms with E-state index >= 15 is 0 Å². The van der Waals surface area contributed by atoms with E-state index in [4.69, 9.17) is 5.10 Å². The van der Waals surface area contributed by atoms with Crippen LogP contribution in [-0.2, 0) is 11.3 Å². The highest BCUT2D eigenvalue weighted by Gasteiger charge is 2.17. The Morgan fingerprint density at radius 1 is 0.964 bits per heavy atom. The molecule has 0 fully saturated rings. The lowest BCUT2D eigenvalue weighted by Gasteiger charge is -2.23. The standard InChI is InChI=1S/C23H28N4O/c1-4-26(5-2)22(28)18-25(3)16-20-17-27(21-14-10-7-11-15-21)24-23(20)19-12-8-6-9-13-19/h6-15,17H,4-5,16,18H2,1-3H3. The Balaban J connectivity index is 1.86. The van der Waals surface area contributed by atoms with Crippen molar-refractivity contribution in [3.8, 4) is 16.9 Å². The Kier molecular flexibility index (Phi) is 6.61. The monoisotopic (exact) mass is 376 g/mol. The number of carbonyl (C=O) groups excluding carboxylic acids is 1. The van der Waals surface area contributed by atoms with Gasteiger partial charge >= 0.3 is 0 Å². The minimum Gasteiger partial charge on any atom is -0.342 e. The highest BCUT2D eigenvalue weighted by molar-refractivity contribution is 5.78. The van der Waals surface area contributed by atoms with E-state index in [1.807, 2.05) is 79.0 Å². The minimum absolute atomic E-state index is 0.157. The first-order chi connectivity index (χ1) is 13.6. The number of carbonyl (C=O) groups is 1. The van der Waals surface area contributed by atoms with Crippen LogP contribution in [0.1, 0.15) is 19.4 Å². The summed E-state index contributed by atoms with van der Waals surface area (Å²) in [6.45, 7) is 6.56. The van der Waals surface area contributed by atoms with Crippen molar-refractivity contribution in [1.29, 1.82) is 0 Å². The van der Waals surface area contributed by atoms with E-state index in [0.717, 1.165) is 35.6 Å². The van der Waals surface area contributed by atoms with E-state index in [2.05, 4.69) is 23.2 Å². The molecule has 0 spiro atoms. The SMILES string of the molecule is CCN(CC)C(=O)CN(C)Cc1cn(-c2ccccc2)nc1-c1ccccc1. The van der Waals surface area contributed by atoms with Gasteiger partial charge < -0.3 is 4.90 Å². The third-order valence-corrected chi connectivity index (χ3v) is 4.82. The van der Waals surface area contributed by atoms with E-state index in [1.165, 1.54) is 0 Å². The van der Waals surface area contributed by atoms with E-state index < -0.39 is 0 Å². The molecule has 0 aliphatic carbocycles. The Bertz CT molecular complexity index is 885. The van der Waals surface area contributed by atoms with Crippen molar-refractivity contribution in [3.63, 3.8) is 0 Å². The van der Waals surface area contributed by atoms with E-state index in [1.54, 1.807) is 0 Å². The molecule has 3 rings (SSSR count). The lowest BCUT2D eigenvalue weighted by Crippen LogP contribution is -2.38. The first-order valence-corrected chi connectivity index (χ1v) is 9.78. The fourth-order valence-corrected chi connectivity index (χ4v) is 3.33. The predicted molar refractivity (Wildman–Crippen MR) is 113 cm³/mol. The highest BCUT2D eigenvalue weighted by Crippen LogP contribution is 2.24. The largest absolute Gasteiger partial charge is 0.342 e. The smallest absolute Gasteiger partial charge is 0.236 e. The molecule has 5 nitrogen and oxygen atoms in total. The predicted octanol–water partition coefficient (Wildman–Crippen LogP) is 3.84. The molecule has 0 atom stereocenters. The molecule has 146 valence electrons. The Labute approximate surface area is 167 Å². The van der Waals surface area contributed by atoms with Crippen molar-refractivity contribution in [2.75, 3.05) is 26.7 Å². The average molecular weight is 377 g/mol. The number of likely N-dealkylation sites (N-methyl/N-ethyl adjacent to an activating group) is 2. The second-order valence-corrected chi connectivity index (χ2v) is 6.89. The molecule has 28 heavy (non-hydrogen) atoms. The zero-order valence-electron chi connectivity index (χ0n) is 16.9. The summed E-state index contributed by atoms with van der Waals surface area (Å²) in [5.41, 5.74) is 4.15. The van der Waals surface area contributed by atoms with Gasteiger partial charge in [0.25, 0.3) is 0 Å². The van der Waals surface area contributed by atoms with Crippen LogP contribution < -0.4 is 0 Å². The highest BCUT2D eigenvalue weighted by atomic mass is 16.2. The van der Waals surface area contributed by atoms with Crippen molar-refractivity contribution in [3.05, 3.63) is 72.4 Å². The van der Waals surface area contributed by atoms with E-state index in [-0.39, 0.29) is 5.91 Å². The van der Waals surface area contributed by atoms with Crippen LogP contribution in [0.4, 0.5) is 0 Å². The summed E-state index contributed by atoms with van der Waals surface area (Å²) in [6, 6.07) is 20.3. The number of nitrogens with zero attached hydrogens (tertiary/aromatic N) is 4. The fourth-order valence-electron chi connectivity index (χ4n) is 3.33. The number of hydrogen-bond acceptors (Lipinski definition) is 3. The number of rotatable bonds is 8. The fraction of sp³-hybridized carbons (Fsp3) is 0.304. The summed E-state index contributed by atoms with van der Waals surface area (Å²) >= 11 is 0. The third-order valence-electron chi connectivity index (χ3n) is 4.82. The molecule has 0 saturated heterocycles. The summed E-state index contributed by atoms with van der Waals surface area (Å²) in [5.74, 6) is 0.157. The van der Waals surface area contributed by atoms with Gasteiger partial charge in [-0.3, -0.25) is 9.69 Å². The van der Waals surface area contributed by atoms with Crippen LogP contribution in [0.2, 0.25) is 0 Å². The lowest BCUT2D eigenvalue weighted by atomic mass is 10.1. The maximum absolute atomic E-state index is 12.5. The third kappa shape index (κ3) is 4.67. The summed E-state index contributed by atoms with van der Waals surface area (Å²) in [4.78, 5) is 16.4. The van der Waals surface area contributed by atoms with Crippen LogP contribution in [0.25, 0.3) is 16.9 Å². The van der Waals surface area contributed by atoms with Crippen molar-refractivity contribution in [2.24, 2.45) is 0 Å². The van der Waals surface area contributed by atoms with Gasteiger partial charge in [-0.15, -0.1) is 0 Å². The van der Waals surface area contributed by atoms with Gasteiger partial charge in [0, 0.05) is 37.0 Å². The van der Waals surface area contributed by atoms with Gasteiger partial charge in [0.05, 0.1) is 17.9 Å². The summed E-state index contributed by atoms with van der Waals surface area (Å²) in [6.07, 6.45) is 2.07. The molecule has 3 aromatic rings. The van der Waals surface area contributed by atoms with Crippen molar-refractivity contribution in [2.45, 2.75) is 20.4 Å². The van der Waals surface area contributed by atoms with Gasteiger partial charge in [-0.1, -0.05) is 48.5 Å². The number of hydrogen-bond donors (Lipinski definition) is 0. The summed E-state index contributed by atoms with van der Waals surface area (Å²) in [7, 11) is 1.98. The molecule has 0 bridgehead atoms. The Hall–Kier alpha value is -2.92. The minimum atomic E-state index is 0.157. The average Bonchev–Trinajstić information content (AvgIpc) is 3.14. The topological polar surface area (TPSA) is 41.4 Å².